The predicted octanol–water partition coefficient (Wildman–Crippen LogP) is 4.75. The van der Waals surface area contributed by atoms with E-state index in [2.05, 4.69) is 29.8 Å². The van der Waals surface area contributed by atoms with Gasteiger partial charge in [0.05, 0.1) is 0 Å². The lowest BCUT2D eigenvalue weighted by Gasteiger charge is -2.19. The molecule has 0 aliphatic rings. The summed E-state index contributed by atoms with van der Waals surface area (Å²) in [5.41, 5.74) is 1.95. The maximum absolute atomic E-state index is 12.6. The molecule has 2 aromatic rings. The summed E-state index contributed by atoms with van der Waals surface area (Å²) >= 11 is 0. The molecule has 2 aromatic carbocycles. The number of para-hydroxylation sites is 1. The van der Waals surface area contributed by atoms with E-state index in [0.717, 1.165) is 5.56 Å². The van der Waals surface area contributed by atoms with Crippen LogP contribution >= 0.6 is 0 Å². The molecule has 0 heterocycles. The molecule has 3 N–H and O–H groups in total. The first-order chi connectivity index (χ1) is 16.4. The van der Waals surface area contributed by atoms with Gasteiger partial charge in [0.25, 0.3) is 5.91 Å². The topological polar surface area (TPSA) is 106 Å². The first-order valence-electron chi connectivity index (χ1n) is 11.8. The molecule has 35 heavy (non-hydrogen) atoms. The minimum atomic E-state index is -0.680. The Hall–Kier alpha value is -3.55. The second kappa shape index (κ2) is 12.8. The highest BCUT2D eigenvalue weighted by Gasteiger charge is 2.17. The zero-order valence-electron chi connectivity index (χ0n) is 21.4. The van der Waals surface area contributed by atoms with Gasteiger partial charge in [0.2, 0.25) is 5.91 Å². The van der Waals surface area contributed by atoms with Gasteiger partial charge >= 0.3 is 6.09 Å². The van der Waals surface area contributed by atoms with Crippen molar-refractivity contribution in [3.8, 4) is 5.75 Å². The van der Waals surface area contributed by atoms with Gasteiger partial charge in [-0.2, -0.15) is 0 Å². The molecule has 0 spiro atoms. The Kier molecular flexibility index (Phi) is 10.1. The van der Waals surface area contributed by atoms with E-state index in [9.17, 15) is 14.4 Å². The third kappa shape index (κ3) is 10.1. The number of carbonyl (C=O) groups excluding carboxylic acids is 3. The van der Waals surface area contributed by atoms with Crippen LogP contribution in [0.2, 0.25) is 0 Å². The molecule has 1 atom stereocenters. The van der Waals surface area contributed by atoms with Crippen molar-refractivity contribution in [1.82, 2.24) is 10.6 Å². The Bertz CT molecular complexity index is 997. The second-order valence-corrected chi connectivity index (χ2v) is 9.59. The van der Waals surface area contributed by atoms with E-state index in [1.807, 2.05) is 36.4 Å². The van der Waals surface area contributed by atoms with Crippen molar-refractivity contribution in [1.29, 1.82) is 0 Å². The van der Waals surface area contributed by atoms with E-state index >= 15 is 0 Å². The zero-order valence-corrected chi connectivity index (χ0v) is 21.4. The van der Waals surface area contributed by atoms with Crippen LogP contribution in [0, 0.1) is 0 Å². The number of amides is 3. The summed E-state index contributed by atoms with van der Waals surface area (Å²) in [5.74, 6) is 0.526. The summed E-state index contributed by atoms with van der Waals surface area (Å²) in [5, 5.41) is 8.24. The summed E-state index contributed by atoms with van der Waals surface area (Å²) in [6.45, 7) is 11.6. The zero-order chi connectivity index (χ0) is 26.0. The first-order valence-corrected chi connectivity index (χ1v) is 11.8. The van der Waals surface area contributed by atoms with Crippen LogP contribution in [-0.2, 0) is 20.9 Å². The fourth-order valence-electron chi connectivity index (χ4n) is 3.12. The highest BCUT2D eigenvalue weighted by atomic mass is 16.6. The number of rotatable bonds is 10. The maximum atomic E-state index is 12.6. The number of hydrogen-bond acceptors (Lipinski definition) is 5. The summed E-state index contributed by atoms with van der Waals surface area (Å²) in [4.78, 5) is 36.6. The molecule has 3 amide bonds. The molecule has 0 aliphatic heterocycles. The molecular formula is C27H37N3O5. The van der Waals surface area contributed by atoms with E-state index in [1.54, 1.807) is 39.8 Å². The third-order valence-corrected chi connectivity index (χ3v) is 4.99. The molecule has 0 aromatic heterocycles. The van der Waals surface area contributed by atoms with Crippen molar-refractivity contribution in [2.45, 2.75) is 72.1 Å². The number of carbonyl (C=O) groups is 3. The Balaban J connectivity index is 1.83. The van der Waals surface area contributed by atoms with E-state index in [-0.39, 0.29) is 31.3 Å². The average molecular weight is 484 g/mol. The lowest BCUT2D eigenvalue weighted by Crippen LogP contribution is -2.36. The minimum Gasteiger partial charge on any atom is -0.481 e. The fraction of sp³-hybridized carbons (Fsp3) is 0.444. The van der Waals surface area contributed by atoms with Crippen molar-refractivity contribution in [2.75, 3.05) is 11.9 Å². The van der Waals surface area contributed by atoms with Crippen LogP contribution in [0.3, 0.4) is 0 Å². The van der Waals surface area contributed by atoms with Gasteiger partial charge in [-0.25, -0.2) is 4.79 Å². The number of nitrogens with one attached hydrogen (secondary N) is 3. The van der Waals surface area contributed by atoms with Crippen molar-refractivity contribution in [3.05, 3.63) is 59.7 Å². The lowest BCUT2D eigenvalue weighted by molar-refractivity contribution is -0.127. The molecule has 0 saturated heterocycles. The Morgan fingerprint density at radius 2 is 1.57 bits per heavy atom. The van der Waals surface area contributed by atoms with Gasteiger partial charge in [0.15, 0.2) is 6.10 Å². The van der Waals surface area contributed by atoms with E-state index < -0.39 is 17.8 Å². The van der Waals surface area contributed by atoms with Crippen molar-refractivity contribution in [3.63, 3.8) is 0 Å². The standard InChI is InChI=1S/C27H37N3O5/c1-18(2)20-11-13-22(14-12-20)34-19(3)25(32)29-17-21-9-7-8-10-23(21)30-24(31)15-16-28-26(33)35-27(4,5)6/h7-14,18-19H,15-17H2,1-6H3,(H,28,33)(H,29,32)(H,30,31). The maximum Gasteiger partial charge on any atom is 0.407 e. The monoisotopic (exact) mass is 483 g/mol. The SMILES string of the molecule is CC(Oc1ccc(C(C)C)cc1)C(=O)NCc1ccccc1NC(=O)CCNC(=O)OC(C)(C)C. The van der Waals surface area contributed by atoms with Gasteiger partial charge in [0.1, 0.15) is 11.4 Å². The lowest BCUT2D eigenvalue weighted by atomic mass is 10.0. The highest BCUT2D eigenvalue weighted by Crippen LogP contribution is 2.20. The number of alkyl carbamates (subject to hydrolysis) is 1. The molecule has 2 rings (SSSR count). The van der Waals surface area contributed by atoms with Crippen LogP contribution in [0.15, 0.2) is 48.5 Å². The van der Waals surface area contributed by atoms with Crippen LogP contribution in [0.25, 0.3) is 0 Å². The number of ether oxygens (including phenoxy) is 2. The third-order valence-electron chi connectivity index (χ3n) is 4.99. The van der Waals surface area contributed by atoms with Crippen molar-refractivity contribution in [2.24, 2.45) is 0 Å². The highest BCUT2D eigenvalue weighted by molar-refractivity contribution is 5.92. The normalized spacial score (nSPS) is 12.0. The average Bonchev–Trinajstić information content (AvgIpc) is 2.77. The fourth-order valence-corrected chi connectivity index (χ4v) is 3.12. The van der Waals surface area contributed by atoms with Crippen LogP contribution < -0.4 is 20.7 Å². The number of anilines is 1. The largest absolute Gasteiger partial charge is 0.481 e. The quantitative estimate of drug-likeness (QED) is 0.452. The van der Waals surface area contributed by atoms with Gasteiger partial charge < -0.3 is 25.4 Å². The van der Waals surface area contributed by atoms with Gasteiger partial charge in [-0.1, -0.05) is 44.2 Å². The molecule has 1 unspecified atom stereocenters. The molecule has 0 aliphatic carbocycles. The van der Waals surface area contributed by atoms with E-state index in [4.69, 9.17) is 9.47 Å². The number of hydrogen-bond donors (Lipinski definition) is 3. The first kappa shape index (κ1) is 27.7. The number of benzene rings is 2. The van der Waals surface area contributed by atoms with Crippen LogP contribution in [0.4, 0.5) is 10.5 Å². The Labute approximate surface area is 207 Å². The van der Waals surface area contributed by atoms with Gasteiger partial charge in [-0.3, -0.25) is 9.59 Å². The van der Waals surface area contributed by atoms with Gasteiger partial charge in [0, 0.05) is 25.2 Å². The summed E-state index contributed by atoms with van der Waals surface area (Å²) in [6, 6.07) is 14.9. The van der Waals surface area contributed by atoms with Gasteiger partial charge in [-0.15, -0.1) is 0 Å². The Morgan fingerprint density at radius 3 is 2.20 bits per heavy atom. The molecule has 190 valence electrons. The van der Waals surface area contributed by atoms with Crippen molar-refractivity contribution >= 4 is 23.6 Å². The van der Waals surface area contributed by atoms with E-state index in [0.29, 0.717) is 17.4 Å². The molecule has 8 nitrogen and oxygen atoms in total. The molecular weight excluding hydrogens is 446 g/mol. The van der Waals surface area contributed by atoms with Crippen LogP contribution in [-0.4, -0.2) is 36.2 Å². The minimum absolute atomic E-state index is 0.0837. The Morgan fingerprint density at radius 1 is 0.914 bits per heavy atom. The second-order valence-electron chi connectivity index (χ2n) is 9.59. The molecule has 0 bridgehead atoms. The van der Waals surface area contributed by atoms with Crippen LogP contribution in [0.1, 0.15) is 65.0 Å². The molecule has 8 heteroatoms. The summed E-state index contributed by atoms with van der Waals surface area (Å²) < 4.78 is 10.9. The van der Waals surface area contributed by atoms with Crippen LogP contribution in [0.5, 0.6) is 5.75 Å². The molecule has 0 fully saturated rings. The predicted molar refractivity (Wildman–Crippen MR) is 136 cm³/mol. The summed E-state index contributed by atoms with van der Waals surface area (Å²) in [7, 11) is 0. The molecule has 0 radical (unpaired) electrons. The van der Waals surface area contributed by atoms with Crippen molar-refractivity contribution < 1.29 is 23.9 Å². The van der Waals surface area contributed by atoms with E-state index in [1.165, 1.54) is 5.56 Å². The van der Waals surface area contributed by atoms with Gasteiger partial charge in [-0.05, 0) is 62.9 Å². The summed E-state index contributed by atoms with van der Waals surface area (Å²) in [6.07, 6.45) is -1.17. The smallest absolute Gasteiger partial charge is 0.407 e. The molecule has 0 saturated carbocycles.